The average Bonchev–Trinajstić information content (AvgIpc) is 2.66. The first-order valence-corrected chi connectivity index (χ1v) is 8.30. The second-order valence-electron chi connectivity index (χ2n) is 6.42. The van der Waals surface area contributed by atoms with Gasteiger partial charge in [0.2, 0.25) is 0 Å². The summed E-state index contributed by atoms with van der Waals surface area (Å²) in [6, 6.07) is 19.1. The summed E-state index contributed by atoms with van der Waals surface area (Å²) < 4.78 is 0. The number of carboxylic acid groups (broad SMARTS) is 2. The molecular weight excluding hydrogens is 328 g/mol. The summed E-state index contributed by atoms with van der Waals surface area (Å²) in [4.78, 5) is 23.9. The zero-order valence-corrected chi connectivity index (χ0v) is 13.8. The smallest absolute Gasteiger partial charge is 0.325 e. The lowest BCUT2D eigenvalue weighted by molar-refractivity contribution is -0.157. The molecule has 0 saturated heterocycles. The van der Waals surface area contributed by atoms with E-state index in [2.05, 4.69) is 0 Å². The van der Waals surface area contributed by atoms with Gasteiger partial charge in [0.15, 0.2) is 5.41 Å². The van der Waals surface area contributed by atoms with Crippen LogP contribution in [-0.4, -0.2) is 22.2 Å². The van der Waals surface area contributed by atoms with E-state index in [4.69, 9.17) is 0 Å². The number of carbonyl (C=O) groups is 2. The molecule has 128 valence electrons. The second-order valence-corrected chi connectivity index (χ2v) is 6.42. The molecule has 1 aliphatic carbocycles. The molecule has 4 heteroatoms. The first-order chi connectivity index (χ1) is 12.6. The van der Waals surface area contributed by atoms with Crippen LogP contribution in [0.15, 0.2) is 66.7 Å². The van der Waals surface area contributed by atoms with Crippen molar-refractivity contribution < 1.29 is 19.8 Å². The van der Waals surface area contributed by atoms with Gasteiger partial charge >= 0.3 is 11.9 Å². The van der Waals surface area contributed by atoms with E-state index in [1.54, 1.807) is 18.2 Å². The van der Waals surface area contributed by atoms with Gasteiger partial charge in [-0.3, -0.25) is 9.59 Å². The van der Waals surface area contributed by atoms with Gasteiger partial charge in [0.25, 0.3) is 0 Å². The van der Waals surface area contributed by atoms with Gasteiger partial charge in [-0.25, -0.2) is 0 Å². The van der Waals surface area contributed by atoms with Crippen LogP contribution in [-0.2, 0) is 15.0 Å². The normalized spacial score (nSPS) is 14.8. The Kier molecular flexibility index (Phi) is 3.62. The van der Waals surface area contributed by atoms with E-state index in [-0.39, 0.29) is 6.42 Å². The van der Waals surface area contributed by atoms with Crippen molar-refractivity contribution in [3.8, 4) is 11.1 Å². The number of benzene rings is 3. The van der Waals surface area contributed by atoms with Gasteiger partial charge in [0.05, 0.1) is 0 Å². The molecule has 0 bridgehead atoms. The first kappa shape index (κ1) is 16.1. The van der Waals surface area contributed by atoms with Crippen LogP contribution in [0, 0.1) is 0 Å². The van der Waals surface area contributed by atoms with Gasteiger partial charge in [0.1, 0.15) is 0 Å². The van der Waals surface area contributed by atoms with Crippen molar-refractivity contribution in [2.45, 2.75) is 11.8 Å². The van der Waals surface area contributed by atoms with Crippen molar-refractivity contribution >= 4 is 28.8 Å². The molecule has 0 aromatic heterocycles. The van der Waals surface area contributed by atoms with E-state index in [1.807, 2.05) is 54.6 Å². The molecule has 4 rings (SSSR count). The Balaban J connectivity index is 2.04. The zero-order valence-electron chi connectivity index (χ0n) is 13.8. The minimum absolute atomic E-state index is 0.0658. The summed E-state index contributed by atoms with van der Waals surface area (Å²) in [6.07, 6.45) is 3.40. The molecule has 0 radical (unpaired) electrons. The van der Waals surface area contributed by atoms with Crippen molar-refractivity contribution in [2.24, 2.45) is 0 Å². The fraction of sp³-hybridized carbons (Fsp3) is 0.0909. The molecule has 0 fully saturated rings. The molecule has 0 atom stereocenters. The summed E-state index contributed by atoms with van der Waals surface area (Å²) in [5.41, 5.74) is 0.814. The number of fused-ring (bicyclic) bond motifs is 2. The molecule has 26 heavy (non-hydrogen) atoms. The van der Waals surface area contributed by atoms with Crippen LogP contribution in [0.5, 0.6) is 0 Å². The third-order valence-electron chi connectivity index (χ3n) is 5.08. The molecular formula is C22H16O4. The maximum atomic E-state index is 11.9. The lowest BCUT2D eigenvalue weighted by atomic mass is 9.71. The molecule has 3 aromatic rings. The Labute approximate surface area is 150 Å². The number of hydrogen-bond acceptors (Lipinski definition) is 2. The molecule has 0 saturated carbocycles. The van der Waals surface area contributed by atoms with Gasteiger partial charge in [-0.05, 0) is 39.4 Å². The highest BCUT2D eigenvalue weighted by Gasteiger charge is 2.50. The number of hydrogen-bond donors (Lipinski definition) is 2. The Morgan fingerprint density at radius 1 is 0.808 bits per heavy atom. The third kappa shape index (κ3) is 2.15. The summed E-state index contributed by atoms with van der Waals surface area (Å²) in [7, 11) is 0. The van der Waals surface area contributed by atoms with Crippen LogP contribution in [0.2, 0.25) is 0 Å². The largest absolute Gasteiger partial charge is 0.480 e. The van der Waals surface area contributed by atoms with Crippen LogP contribution in [0.25, 0.3) is 28.0 Å². The van der Waals surface area contributed by atoms with Crippen molar-refractivity contribution in [2.75, 3.05) is 0 Å². The maximum absolute atomic E-state index is 11.9. The number of rotatable bonds is 3. The second kappa shape index (κ2) is 5.85. The SMILES string of the molecule is O=C(O)C1(C(=O)O)CC=Cc2c(-c3cccc4ccccc34)cccc21. The van der Waals surface area contributed by atoms with Crippen molar-refractivity contribution in [3.05, 3.63) is 77.9 Å². The highest BCUT2D eigenvalue weighted by molar-refractivity contribution is 6.08. The van der Waals surface area contributed by atoms with Gasteiger partial charge in [0, 0.05) is 0 Å². The van der Waals surface area contributed by atoms with E-state index in [0.717, 1.165) is 21.9 Å². The molecule has 2 N–H and O–H groups in total. The van der Waals surface area contributed by atoms with Crippen molar-refractivity contribution in [1.29, 1.82) is 0 Å². The topological polar surface area (TPSA) is 74.6 Å². The zero-order chi connectivity index (χ0) is 18.3. The number of carboxylic acids is 2. The Hall–Kier alpha value is -3.40. The molecule has 0 aliphatic heterocycles. The van der Waals surface area contributed by atoms with Crippen molar-refractivity contribution in [1.82, 2.24) is 0 Å². The van der Waals surface area contributed by atoms with E-state index in [0.29, 0.717) is 11.1 Å². The van der Waals surface area contributed by atoms with E-state index < -0.39 is 17.4 Å². The van der Waals surface area contributed by atoms with Gasteiger partial charge < -0.3 is 10.2 Å². The van der Waals surface area contributed by atoms with Crippen LogP contribution in [0.1, 0.15) is 17.5 Å². The Morgan fingerprint density at radius 3 is 2.23 bits per heavy atom. The third-order valence-corrected chi connectivity index (χ3v) is 5.08. The lowest BCUT2D eigenvalue weighted by Gasteiger charge is -2.30. The van der Waals surface area contributed by atoms with Crippen molar-refractivity contribution in [3.63, 3.8) is 0 Å². The lowest BCUT2D eigenvalue weighted by Crippen LogP contribution is -2.45. The van der Waals surface area contributed by atoms with Crippen LogP contribution >= 0.6 is 0 Å². The molecule has 0 spiro atoms. The molecule has 4 nitrogen and oxygen atoms in total. The molecule has 1 aliphatic rings. The quantitative estimate of drug-likeness (QED) is 0.694. The maximum Gasteiger partial charge on any atom is 0.325 e. The standard InChI is InChI=1S/C22H16O4/c23-20(24)22(21(25)26)13-5-11-18-17(10-4-12-19(18)22)16-9-3-7-14-6-1-2-8-15(14)16/h1-12H,13H2,(H,23,24)(H,25,26). The monoisotopic (exact) mass is 344 g/mol. The van der Waals surface area contributed by atoms with Crippen LogP contribution in [0.3, 0.4) is 0 Å². The predicted octanol–water partition coefficient (Wildman–Crippen LogP) is 4.33. The minimum Gasteiger partial charge on any atom is -0.480 e. The summed E-state index contributed by atoms with van der Waals surface area (Å²) in [5.74, 6) is -2.68. The minimum atomic E-state index is -1.95. The molecule has 0 heterocycles. The Bertz CT molecular complexity index is 1060. The Morgan fingerprint density at radius 2 is 1.46 bits per heavy atom. The van der Waals surface area contributed by atoms with E-state index >= 15 is 0 Å². The molecule has 0 unspecified atom stereocenters. The molecule has 0 amide bonds. The highest BCUT2D eigenvalue weighted by Crippen LogP contribution is 2.42. The number of aliphatic carboxylic acids is 2. The van der Waals surface area contributed by atoms with Gasteiger partial charge in [-0.2, -0.15) is 0 Å². The van der Waals surface area contributed by atoms with Crippen LogP contribution < -0.4 is 0 Å². The summed E-state index contributed by atoms with van der Waals surface area (Å²) >= 11 is 0. The number of allylic oxidation sites excluding steroid dienone is 1. The summed E-state index contributed by atoms with van der Waals surface area (Å²) in [6.45, 7) is 0. The fourth-order valence-corrected chi connectivity index (χ4v) is 3.77. The fourth-order valence-electron chi connectivity index (χ4n) is 3.77. The molecule has 3 aromatic carbocycles. The first-order valence-electron chi connectivity index (χ1n) is 8.30. The van der Waals surface area contributed by atoms with E-state index in [1.165, 1.54) is 0 Å². The predicted molar refractivity (Wildman–Crippen MR) is 100.0 cm³/mol. The van der Waals surface area contributed by atoms with Crippen LogP contribution in [0.4, 0.5) is 0 Å². The summed E-state index contributed by atoms with van der Waals surface area (Å²) in [5, 5.41) is 21.6. The van der Waals surface area contributed by atoms with Gasteiger partial charge in [-0.15, -0.1) is 0 Å². The average molecular weight is 344 g/mol. The van der Waals surface area contributed by atoms with Gasteiger partial charge in [-0.1, -0.05) is 72.8 Å². The highest BCUT2D eigenvalue weighted by atomic mass is 16.4. The van der Waals surface area contributed by atoms with E-state index in [9.17, 15) is 19.8 Å².